The van der Waals surface area contributed by atoms with Crippen molar-refractivity contribution in [3.63, 3.8) is 0 Å². The molecule has 0 aromatic carbocycles. The van der Waals surface area contributed by atoms with E-state index in [1.165, 1.54) is 12.4 Å². The number of fused-ring (bicyclic) bond motifs is 2. The van der Waals surface area contributed by atoms with Gasteiger partial charge in [0.25, 0.3) is 5.56 Å². The van der Waals surface area contributed by atoms with Gasteiger partial charge in [0.05, 0.1) is 24.8 Å². The van der Waals surface area contributed by atoms with E-state index in [4.69, 9.17) is 16.3 Å². The van der Waals surface area contributed by atoms with E-state index in [2.05, 4.69) is 30.4 Å². The average molecular weight is 494 g/mol. The Labute approximate surface area is 205 Å². The Morgan fingerprint density at radius 3 is 2.66 bits per heavy atom. The van der Waals surface area contributed by atoms with Crippen LogP contribution in [0.1, 0.15) is 33.5 Å². The Bertz CT molecular complexity index is 1630. The third-order valence-electron chi connectivity index (χ3n) is 5.60. The highest BCUT2D eigenvalue weighted by atomic mass is 35.5. The van der Waals surface area contributed by atoms with Gasteiger partial charge in [-0.1, -0.05) is 32.4 Å². The van der Waals surface area contributed by atoms with E-state index < -0.39 is 0 Å². The van der Waals surface area contributed by atoms with Crippen LogP contribution in [0.25, 0.3) is 16.7 Å². The lowest BCUT2D eigenvalue weighted by atomic mass is 9.95. The fourth-order valence-electron chi connectivity index (χ4n) is 3.90. The van der Waals surface area contributed by atoms with Gasteiger partial charge in [-0.15, -0.1) is 0 Å². The number of nitrogens with one attached hydrogen (secondary N) is 1. The minimum atomic E-state index is -0.267. The normalized spacial score (nSPS) is 11.9. The molecule has 11 nitrogen and oxygen atoms in total. The molecule has 12 heteroatoms. The quantitative estimate of drug-likeness (QED) is 0.389. The van der Waals surface area contributed by atoms with Gasteiger partial charge >= 0.3 is 0 Å². The molecule has 5 aromatic heterocycles. The molecule has 0 aliphatic carbocycles. The van der Waals surface area contributed by atoms with Crippen LogP contribution >= 0.6 is 11.6 Å². The standard InChI is InChI=1S/C23H24ClN9O2/c1-6-32-20(34)13(9-27-21(32)23(2,3)4)29-22-30-19-18(31(22)5)17(24)16(11-26-19)35-15-12-28-33-8-7-25-10-14(15)33/h7-12H,6H2,1-5H3,(H,26,29,30). The maximum Gasteiger partial charge on any atom is 0.277 e. The van der Waals surface area contributed by atoms with Crippen LogP contribution in [0.4, 0.5) is 11.6 Å². The molecule has 180 valence electrons. The van der Waals surface area contributed by atoms with Crippen LogP contribution < -0.4 is 15.6 Å². The Kier molecular flexibility index (Phi) is 5.43. The predicted molar refractivity (Wildman–Crippen MR) is 133 cm³/mol. The van der Waals surface area contributed by atoms with Gasteiger partial charge in [0, 0.05) is 31.4 Å². The van der Waals surface area contributed by atoms with Gasteiger partial charge in [0.15, 0.2) is 17.1 Å². The molecule has 0 bridgehead atoms. The van der Waals surface area contributed by atoms with E-state index in [-0.39, 0.29) is 11.0 Å². The SMILES string of the molecule is CCn1c(C(C)(C)C)ncc(Nc2nc3ncc(Oc4cnn5ccncc45)c(Cl)c3n2C)c1=O. The molecule has 5 rings (SSSR count). The minimum Gasteiger partial charge on any atom is -0.450 e. The highest BCUT2D eigenvalue weighted by Crippen LogP contribution is 2.36. The topological polar surface area (TPSA) is 117 Å². The van der Waals surface area contributed by atoms with E-state index in [1.807, 2.05) is 27.7 Å². The van der Waals surface area contributed by atoms with Crippen LogP contribution in [-0.4, -0.2) is 38.7 Å². The van der Waals surface area contributed by atoms with Gasteiger partial charge in [-0.2, -0.15) is 10.1 Å². The Balaban J connectivity index is 1.52. The third kappa shape index (κ3) is 3.87. The molecule has 0 radical (unpaired) electrons. The van der Waals surface area contributed by atoms with Crippen molar-refractivity contribution < 1.29 is 4.74 Å². The van der Waals surface area contributed by atoms with Crippen LogP contribution in [0.3, 0.4) is 0 Å². The van der Waals surface area contributed by atoms with Crippen LogP contribution in [0, 0.1) is 0 Å². The minimum absolute atomic E-state index is 0.177. The number of halogens is 1. The van der Waals surface area contributed by atoms with Crippen LogP contribution in [0.15, 0.2) is 42.0 Å². The smallest absolute Gasteiger partial charge is 0.277 e. The lowest BCUT2D eigenvalue weighted by molar-refractivity contribution is 0.486. The van der Waals surface area contributed by atoms with Gasteiger partial charge in [0.1, 0.15) is 27.6 Å². The van der Waals surface area contributed by atoms with Crippen molar-refractivity contribution in [1.29, 1.82) is 0 Å². The summed E-state index contributed by atoms with van der Waals surface area (Å²) in [6, 6.07) is 0. The molecule has 0 fully saturated rings. The van der Waals surface area contributed by atoms with Crippen molar-refractivity contribution in [3.8, 4) is 11.5 Å². The molecule has 1 N–H and O–H groups in total. The summed E-state index contributed by atoms with van der Waals surface area (Å²) in [5.74, 6) is 1.95. The first-order chi connectivity index (χ1) is 16.7. The molecule has 5 heterocycles. The number of imidazole rings is 1. The molecule has 35 heavy (non-hydrogen) atoms. The first-order valence-corrected chi connectivity index (χ1v) is 11.4. The monoisotopic (exact) mass is 493 g/mol. The van der Waals surface area contributed by atoms with Gasteiger partial charge in [0.2, 0.25) is 5.95 Å². The van der Waals surface area contributed by atoms with Crippen LogP contribution in [-0.2, 0) is 19.0 Å². The Morgan fingerprint density at radius 2 is 1.91 bits per heavy atom. The second-order valence-corrected chi connectivity index (χ2v) is 9.42. The molecule has 0 spiro atoms. The summed E-state index contributed by atoms with van der Waals surface area (Å²) in [6.45, 7) is 8.50. The van der Waals surface area contributed by atoms with Crippen LogP contribution in [0.2, 0.25) is 5.02 Å². The summed E-state index contributed by atoms with van der Waals surface area (Å²) in [5, 5.41) is 7.66. The highest BCUT2D eigenvalue weighted by Gasteiger charge is 2.23. The number of hydrogen-bond donors (Lipinski definition) is 1. The van der Waals surface area contributed by atoms with Crippen molar-refractivity contribution in [1.82, 2.24) is 38.7 Å². The third-order valence-corrected chi connectivity index (χ3v) is 5.96. The molecule has 0 unspecified atom stereocenters. The fraction of sp³-hybridized carbons (Fsp3) is 0.304. The summed E-state index contributed by atoms with van der Waals surface area (Å²) in [6.07, 6.45) is 9.63. The van der Waals surface area contributed by atoms with Crippen molar-refractivity contribution >= 4 is 39.9 Å². The van der Waals surface area contributed by atoms with Crippen molar-refractivity contribution in [3.05, 3.63) is 58.4 Å². The lowest BCUT2D eigenvalue weighted by Gasteiger charge is -2.22. The summed E-state index contributed by atoms with van der Waals surface area (Å²) in [7, 11) is 1.78. The number of rotatable bonds is 5. The van der Waals surface area contributed by atoms with Gasteiger partial charge in [-0.3, -0.25) is 14.3 Å². The van der Waals surface area contributed by atoms with Crippen molar-refractivity contribution in [2.45, 2.75) is 39.7 Å². The molecule has 0 saturated carbocycles. The zero-order chi connectivity index (χ0) is 24.9. The number of ether oxygens (including phenoxy) is 1. The maximum absolute atomic E-state index is 13.2. The zero-order valence-corrected chi connectivity index (χ0v) is 20.7. The van der Waals surface area contributed by atoms with Crippen LogP contribution in [0.5, 0.6) is 11.5 Å². The zero-order valence-electron chi connectivity index (χ0n) is 19.9. The molecule has 0 aliphatic heterocycles. The first kappa shape index (κ1) is 22.8. The predicted octanol–water partition coefficient (Wildman–Crippen LogP) is 4.07. The number of nitrogens with zero attached hydrogens (tertiary/aromatic N) is 8. The van der Waals surface area contributed by atoms with Gasteiger partial charge in [-0.25, -0.2) is 14.5 Å². The van der Waals surface area contributed by atoms with E-state index in [0.717, 1.165) is 5.82 Å². The van der Waals surface area contributed by atoms with Gasteiger partial charge < -0.3 is 14.6 Å². The number of hydrogen-bond acceptors (Lipinski definition) is 8. The molecule has 0 atom stereocenters. The maximum atomic E-state index is 13.2. The molecule has 5 aromatic rings. The lowest BCUT2D eigenvalue weighted by Crippen LogP contribution is -2.32. The average Bonchev–Trinajstić information content (AvgIpc) is 3.37. The first-order valence-electron chi connectivity index (χ1n) is 11.0. The number of anilines is 2. The van der Waals surface area contributed by atoms with E-state index in [0.29, 0.717) is 51.4 Å². The summed E-state index contributed by atoms with van der Waals surface area (Å²) < 4.78 is 11.0. The second kappa shape index (κ2) is 8.35. The molecular formula is C23H24ClN9O2. The largest absolute Gasteiger partial charge is 0.450 e. The highest BCUT2D eigenvalue weighted by molar-refractivity contribution is 6.36. The van der Waals surface area contributed by atoms with Crippen molar-refractivity contribution in [2.75, 3.05) is 5.32 Å². The van der Waals surface area contributed by atoms with E-state index in [9.17, 15) is 4.79 Å². The summed E-state index contributed by atoms with van der Waals surface area (Å²) >= 11 is 6.71. The number of aromatic nitrogens is 8. The second-order valence-electron chi connectivity index (χ2n) is 9.04. The summed E-state index contributed by atoms with van der Waals surface area (Å²) in [5.41, 5.74) is 1.51. The number of pyridine rings is 1. The molecular weight excluding hydrogens is 470 g/mol. The van der Waals surface area contributed by atoms with E-state index >= 15 is 0 Å². The van der Waals surface area contributed by atoms with Crippen molar-refractivity contribution in [2.24, 2.45) is 7.05 Å². The van der Waals surface area contributed by atoms with E-state index in [1.54, 1.807) is 45.5 Å². The Hall–Kier alpha value is -3.99. The number of aryl methyl sites for hydroxylation is 1. The molecule has 0 amide bonds. The molecule has 0 saturated heterocycles. The summed E-state index contributed by atoms with van der Waals surface area (Å²) in [4.78, 5) is 30.7. The fourth-order valence-corrected chi connectivity index (χ4v) is 4.19. The van der Waals surface area contributed by atoms with Gasteiger partial charge in [-0.05, 0) is 6.92 Å². The molecule has 0 aliphatic rings. The Morgan fingerprint density at radius 1 is 1.11 bits per heavy atom.